The van der Waals surface area contributed by atoms with Crippen LogP contribution in [0.2, 0.25) is 0 Å². The highest BCUT2D eigenvalue weighted by atomic mass is 32.2. The molecule has 0 saturated heterocycles. The van der Waals surface area contributed by atoms with Crippen molar-refractivity contribution in [3.8, 4) is 0 Å². The van der Waals surface area contributed by atoms with Crippen LogP contribution in [-0.2, 0) is 21.1 Å². The SMILES string of the molecule is CC(C)S(=O)(=O)CCCCCC(=O)CCCCCc1ccccc1. The summed E-state index contributed by atoms with van der Waals surface area (Å²) >= 11 is 0. The van der Waals surface area contributed by atoms with Gasteiger partial charge in [-0.25, -0.2) is 8.42 Å². The number of carbonyl (C=O) groups excluding carboxylic acids is 1. The summed E-state index contributed by atoms with van der Waals surface area (Å²) in [7, 11) is -2.93. The van der Waals surface area contributed by atoms with Crippen LogP contribution < -0.4 is 0 Å². The third-order valence-electron chi connectivity index (χ3n) is 4.37. The Balaban J connectivity index is 1.99. The average Bonchev–Trinajstić information content (AvgIpc) is 2.55. The van der Waals surface area contributed by atoms with Gasteiger partial charge in [0.25, 0.3) is 0 Å². The van der Waals surface area contributed by atoms with Crippen LogP contribution >= 0.6 is 0 Å². The Kier molecular flexibility index (Phi) is 9.92. The van der Waals surface area contributed by atoms with E-state index < -0.39 is 9.84 Å². The number of Topliss-reactive ketones (excluding diaryl/α,β-unsaturated/α-hetero) is 1. The van der Waals surface area contributed by atoms with Gasteiger partial charge in [0.2, 0.25) is 0 Å². The molecule has 24 heavy (non-hydrogen) atoms. The molecule has 0 unspecified atom stereocenters. The normalized spacial score (nSPS) is 11.8. The van der Waals surface area contributed by atoms with Crippen LogP contribution in [0.3, 0.4) is 0 Å². The summed E-state index contributed by atoms with van der Waals surface area (Å²) in [6.45, 7) is 3.44. The standard InChI is InChI=1S/C20H32O3S/c1-18(2)24(22,23)17-11-5-10-16-20(21)15-9-4-8-14-19-12-6-3-7-13-19/h3,6-7,12-13,18H,4-5,8-11,14-17H2,1-2H3. The van der Waals surface area contributed by atoms with Crippen LogP contribution in [0.15, 0.2) is 30.3 Å². The van der Waals surface area contributed by atoms with Gasteiger partial charge in [-0.3, -0.25) is 4.79 Å². The molecule has 1 aromatic carbocycles. The Bertz CT molecular complexity index is 562. The zero-order chi connectivity index (χ0) is 17.8. The molecule has 0 atom stereocenters. The molecule has 0 heterocycles. The third-order valence-corrected chi connectivity index (χ3v) is 6.66. The van der Waals surface area contributed by atoms with Gasteiger partial charge in [0, 0.05) is 12.8 Å². The van der Waals surface area contributed by atoms with Crippen molar-refractivity contribution in [1.29, 1.82) is 0 Å². The summed E-state index contributed by atoms with van der Waals surface area (Å²) < 4.78 is 23.3. The van der Waals surface area contributed by atoms with Crippen molar-refractivity contribution in [1.82, 2.24) is 0 Å². The number of hydrogen-bond donors (Lipinski definition) is 0. The van der Waals surface area contributed by atoms with E-state index >= 15 is 0 Å². The molecule has 0 aliphatic rings. The zero-order valence-electron chi connectivity index (χ0n) is 15.2. The maximum Gasteiger partial charge on any atom is 0.152 e. The van der Waals surface area contributed by atoms with Gasteiger partial charge in [-0.15, -0.1) is 0 Å². The van der Waals surface area contributed by atoms with Crippen molar-refractivity contribution in [3.05, 3.63) is 35.9 Å². The van der Waals surface area contributed by atoms with E-state index in [1.165, 1.54) is 5.56 Å². The first kappa shape index (κ1) is 20.9. The van der Waals surface area contributed by atoms with Gasteiger partial charge >= 0.3 is 0 Å². The second kappa shape index (κ2) is 11.4. The average molecular weight is 353 g/mol. The van der Waals surface area contributed by atoms with Crippen molar-refractivity contribution < 1.29 is 13.2 Å². The third kappa shape index (κ3) is 9.21. The van der Waals surface area contributed by atoms with Gasteiger partial charge < -0.3 is 0 Å². The predicted octanol–water partition coefficient (Wildman–Crippen LogP) is 4.74. The van der Waals surface area contributed by atoms with E-state index in [0.29, 0.717) is 25.0 Å². The van der Waals surface area contributed by atoms with Crippen molar-refractivity contribution >= 4 is 15.6 Å². The fourth-order valence-corrected chi connectivity index (χ4v) is 3.71. The highest BCUT2D eigenvalue weighted by molar-refractivity contribution is 7.91. The van der Waals surface area contributed by atoms with Crippen molar-refractivity contribution in [3.63, 3.8) is 0 Å². The molecule has 1 rings (SSSR count). The van der Waals surface area contributed by atoms with E-state index in [2.05, 4.69) is 24.3 Å². The van der Waals surface area contributed by atoms with Gasteiger partial charge in [-0.1, -0.05) is 43.2 Å². The van der Waals surface area contributed by atoms with E-state index in [9.17, 15) is 13.2 Å². The van der Waals surface area contributed by atoms with Crippen LogP contribution in [-0.4, -0.2) is 25.2 Å². The lowest BCUT2D eigenvalue weighted by Gasteiger charge is -2.07. The maximum absolute atomic E-state index is 11.8. The second-order valence-corrected chi connectivity index (χ2v) is 9.49. The number of benzene rings is 1. The summed E-state index contributed by atoms with van der Waals surface area (Å²) in [6, 6.07) is 10.4. The minimum atomic E-state index is -2.93. The molecule has 4 heteroatoms. The van der Waals surface area contributed by atoms with Crippen molar-refractivity contribution in [2.45, 2.75) is 76.9 Å². The number of ketones is 1. The summed E-state index contributed by atoms with van der Waals surface area (Å²) in [5.74, 6) is 0.569. The molecule has 1 aromatic rings. The highest BCUT2D eigenvalue weighted by Gasteiger charge is 2.15. The van der Waals surface area contributed by atoms with Crippen LogP contribution in [0.25, 0.3) is 0 Å². The largest absolute Gasteiger partial charge is 0.300 e. The lowest BCUT2D eigenvalue weighted by atomic mass is 10.0. The van der Waals surface area contributed by atoms with Gasteiger partial charge in [-0.2, -0.15) is 0 Å². The van der Waals surface area contributed by atoms with E-state index in [4.69, 9.17) is 0 Å². The van der Waals surface area contributed by atoms with Gasteiger partial charge in [-0.05, 0) is 51.5 Å². The first-order valence-corrected chi connectivity index (χ1v) is 10.9. The summed E-state index contributed by atoms with van der Waals surface area (Å²) in [5.41, 5.74) is 1.36. The van der Waals surface area contributed by atoms with Crippen LogP contribution in [0.4, 0.5) is 0 Å². The topological polar surface area (TPSA) is 51.2 Å². The molecule has 0 aliphatic carbocycles. The quantitative estimate of drug-likeness (QED) is 0.482. The fraction of sp³-hybridized carbons (Fsp3) is 0.650. The first-order chi connectivity index (χ1) is 11.4. The molecule has 0 amide bonds. The van der Waals surface area contributed by atoms with Crippen LogP contribution in [0.5, 0.6) is 0 Å². The van der Waals surface area contributed by atoms with Crippen molar-refractivity contribution in [2.75, 3.05) is 5.75 Å². The molecule has 0 spiro atoms. The Morgan fingerprint density at radius 3 is 2.04 bits per heavy atom. The molecule has 0 radical (unpaired) electrons. The summed E-state index contributed by atoms with van der Waals surface area (Å²) in [5, 5.41) is -0.296. The highest BCUT2D eigenvalue weighted by Crippen LogP contribution is 2.11. The number of carbonyl (C=O) groups is 1. The number of aryl methyl sites for hydroxylation is 1. The fourth-order valence-electron chi connectivity index (χ4n) is 2.64. The molecule has 0 bridgehead atoms. The van der Waals surface area contributed by atoms with E-state index in [0.717, 1.165) is 38.5 Å². The lowest BCUT2D eigenvalue weighted by Crippen LogP contribution is -2.17. The number of sulfone groups is 1. The van der Waals surface area contributed by atoms with Crippen molar-refractivity contribution in [2.24, 2.45) is 0 Å². The Morgan fingerprint density at radius 2 is 1.46 bits per heavy atom. The molecule has 3 nitrogen and oxygen atoms in total. The number of unbranched alkanes of at least 4 members (excludes halogenated alkanes) is 4. The molecule has 0 aliphatic heterocycles. The lowest BCUT2D eigenvalue weighted by molar-refractivity contribution is -0.119. The minimum Gasteiger partial charge on any atom is -0.300 e. The Morgan fingerprint density at radius 1 is 0.875 bits per heavy atom. The minimum absolute atomic E-state index is 0.248. The van der Waals surface area contributed by atoms with Gasteiger partial charge in [0.15, 0.2) is 9.84 Å². The maximum atomic E-state index is 11.8. The van der Waals surface area contributed by atoms with Gasteiger partial charge in [0.1, 0.15) is 5.78 Å². The predicted molar refractivity (Wildman–Crippen MR) is 101 cm³/mol. The van der Waals surface area contributed by atoms with Crippen LogP contribution in [0.1, 0.15) is 70.8 Å². The van der Waals surface area contributed by atoms with Crippen LogP contribution in [0, 0.1) is 0 Å². The van der Waals surface area contributed by atoms with E-state index in [-0.39, 0.29) is 11.0 Å². The molecule has 0 saturated carbocycles. The molecular formula is C20H32O3S. The molecule has 0 N–H and O–H groups in total. The molecule has 136 valence electrons. The molecule has 0 fully saturated rings. The molecule has 0 aromatic heterocycles. The molecular weight excluding hydrogens is 320 g/mol. The summed E-state index contributed by atoms with van der Waals surface area (Å²) in [6.07, 6.45) is 7.84. The monoisotopic (exact) mass is 352 g/mol. The number of rotatable bonds is 13. The van der Waals surface area contributed by atoms with E-state index in [1.54, 1.807) is 13.8 Å². The smallest absolute Gasteiger partial charge is 0.152 e. The summed E-state index contributed by atoms with van der Waals surface area (Å²) in [4.78, 5) is 11.8. The first-order valence-electron chi connectivity index (χ1n) is 9.19. The Hall–Kier alpha value is -1.16. The second-order valence-electron chi connectivity index (χ2n) is 6.81. The zero-order valence-corrected chi connectivity index (χ0v) is 16.0. The van der Waals surface area contributed by atoms with E-state index in [1.807, 2.05) is 6.07 Å². The Labute approximate surface area is 147 Å². The number of hydrogen-bond acceptors (Lipinski definition) is 3. The van der Waals surface area contributed by atoms with Gasteiger partial charge in [0.05, 0.1) is 11.0 Å².